The van der Waals surface area contributed by atoms with Gasteiger partial charge in [0.05, 0.1) is 6.04 Å². The molecule has 9 nitrogen and oxygen atoms in total. The van der Waals surface area contributed by atoms with Crippen molar-refractivity contribution in [2.45, 2.75) is 37.6 Å². The molecular formula is C15H26N6O3S. The molecule has 1 aromatic rings. The normalized spacial score (nSPS) is 13.5. The number of rotatable bonds is 11. The van der Waals surface area contributed by atoms with Crippen LogP contribution in [-0.4, -0.2) is 41.0 Å². The Labute approximate surface area is 152 Å². The molecule has 0 radical (unpaired) electrons. The smallest absolute Gasteiger partial charge is 0.239 e. The SMILES string of the molecule is NN[C@@H](CCCNC(N)N)C(=O)N[C@@H](Cc1ccc(O)cc1)C(=O)S. The number of hydrogen-bond donors (Lipinski definition) is 8. The lowest BCUT2D eigenvalue weighted by molar-refractivity contribution is -0.126. The third-order valence-corrected chi connectivity index (χ3v) is 3.87. The molecule has 0 aliphatic carbocycles. The minimum atomic E-state index is -0.799. The van der Waals surface area contributed by atoms with Crippen molar-refractivity contribution in [1.82, 2.24) is 16.1 Å². The Hall–Kier alpha value is -1.69. The molecule has 0 spiro atoms. The third-order valence-electron chi connectivity index (χ3n) is 3.56. The number of aromatic hydroxyl groups is 1. The summed E-state index contributed by atoms with van der Waals surface area (Å²) in [7, 11) is 0. The van der Waals surface area contributed by atoms with Crippen LogP contribution >= 0.6 is 12.6 Å². The van der Waals surface area contributed by atoms with E-state index in [1.807, 2.05) is 0 Å². The first-order valence-corrected chi connectivity index (χ1v) is 8.30. The zero-order valence-electron chi connectivity index (χ0n) is 13.8. The van der Waals surface area contributed by atoms with E-state index < -0.39 is 29.4 Å². The maximum absolute atomic E-state index is 12.3. The average Bonchev–Trinajstić information content (AvgIpc) is 2.55. The first-order chi connectivity index (χ1) is 11.8. The molecule has 0 fully saturated rings. The lowest BCUT2D eigenvalue weighted by Crippen LogP contribution is -2.52. The molecule has 0 saturated carbocycles. The molecular weight excluding hydrogens is 344 g/mol. The van der Waals surface area contributed by atoms with E-state index in [2.05, 4.69) is 28.7 Å². The Morgan fingerprint density at radius 2 is 1.80 bits per heavy atom. The second-order valence-electron chi connectivity index (χ2n) is 5.61. The van der Waals surface area contributed by atoms with Gasteiger partial charge in [0.1, 0.15) is 18.1 Å². The molecule has 0 saturated heterocycles. The standard InChI is InChI=1S/C15H26N6O3S/c16-15(17)19-7-1-2-11(21-18)13(23)20-12(14(24)25)8-9-3-5-10(22)6-4-9/h3-6,11-12,15,19,21-22H,1-2,7-8,16-18H2,(H,20,23)(H,24,25)/t11-,12-/m0/s1. The Kier molecular flexibility index (Phi) is 9.42. The molecule has 2 atom stereocenters. The second kappa shape index (κ2) is 11.0. The molecule has 1 aromatic carbocycles. The number of benzene rings is 1. The van der Waals surface area contributed by atoms with Crippen LogP contribution in [0.4, 0.5) is 0 Å². The van der Waals surface area contributed by atoms with Crippen LogP contribution in [-0.2, 0) is 16.0 Å². The van der Waals surface area contributed by atoms with Crippen molar-refractivity contribution in [3.8, 4) is 5.75 Å². The second-order valence-corrected chi connectivity index (χ2v) is 6.05. The van der Waals surface area contributed by atoms with Crippen LogP contribution in [0.2, 0.25) is 0 Å². The molecule has 0 unspecified atom stereocenters. The van der Waals surface area contributed by atoms with E-state index in [-0.39, 0.29) is 12.2 Å². The highest BCUT2D eigenvalue weighted by atomic mass is 32.1. The van der Waals surface area contributed by atoms with Gasteiger partial charge in [-0.3, -0.25) is 20.7 Å². The van der Waals surface area contributed by atoms with Gasteiger partial charge in [-0.1, -0.05) is 12.1 Å². The first-order valence-electron chi connectivity index (χ1n) is 7.85. The van der Waals surface area contributed by atoms with E-state index in [4.69, 9.17) is 17.3 Å². The molecule has 0 aliphatic heterocycles. The van der Waals surface area contributed by atoms with Crippen LogP contribution in [0.3, 0.4) is 0 Å². The van der Waals surface area contributed by atoms with Crippen molar-refractivity contribution in [3.63, 3.8) is 0 Å². The van der Waals surface area contributed by atoms with Crippen molar-refractivity contribution in [3.05, 3.63) is 29.8 Å². The van der Waals surface area contributed by atoms with Crippen LogP contribution < -0.4 is 33.4 Å². The van der Waals surface area contributed by atoms with Crippen molar-refractivity contribution < 1.29 is 14.7 Å². The van der Waals surface area contributed by atoms with Gasteiger partial charge < -0.3 is 21.9 Å². The molecule has 10 heteroatoms. The maximum atomic E-state index is 12.3. The zero-order valence-corrected chi connectivity index (χ0v) is 14.7. The van der Waals surface area contributed by atoms with Crippen LogP contribution in [0.5, 0.6) is 5.75 Å². The molecule has 0 heterocycles. The van der Waals surface area contributed by atoms with Crippen LogP contribution in [0, 0.1) is 0 Å². The van der Waals surface area contributed by atoms with Crippen molar-refractivity contribution >= 4 is 23.7 Å². The number of phenolic OH excluding ortho intramolecular Hbond substituents is 1. The number of hydrazine groups is 1. The predicted molar refractivity (Wildman–Crippen MR) is 98.2 cm³/mol. The number of carbonyl (C=O) groups is 2. The van der Waals surface area contributed by atoms with Gasteiger partial charge in [-0.25, -0.2) is 5.43 Å². The highest BCUT2D eigenvalue weighted by molar-refractivity contribution is 7.96. The van der Waals surface area contributed by atoms with Crippen LogP contribution in [0.25, 0.3) is 0 Å². The molecule has 25 heavy (non-hydrogen) atoms. The Balaban J connectivity index is 2.58. The van der Waals surface area contributed by atoms with Gasteiger partial charge in [0.2, 0.25) is 11.0 Å². The fourth-order valence-corrected chi connectivity index (χ4v) is 2.36. The molecule has 1 rings (SSSR count). The van der Waals surface area contributed by atoms with E-state index in [0.717, 1.165) is 5.56 Å². The Bertz CT molecular complexity index is 555. The number of phenols is 1. The van der Waals surface area contributed by atoms with Gasteiger partial charge in [-0.15, -0.1) is 12.6 Å². The van der Waals surface area contributed by atoms with Gasteiger partial charge >= 0.3 is 0 Å². The van der Waals surface area contributed by atoms with Crippen molar-refractivity contribution in [2.24, 2.45) is 17.3 Å². The summed E-state index contributed by atoms with van der Waals surface area (Å²) in [5.41, 5.74) is 14.0. The summed E-state index contributed by atoms with van der Waals surface area (Å²) in [6, 6.07) is 4.90. The number of carbonyl (C=O) groups excluding carboxylic acids is 2. The van der Waals surface area contributed by atoms with Crippen molar-refractivity contribution in [2.75, 3.05) is 6.54 Å². The number of amides is 1. The summed E-state index contributed by atoms with van der Waals surface area (Å²) in [5.74, 6) is 5.15. The lowest BCUT2D eigenvalue weighted by Gasteiger charge is -2.21. The molecule has 0 bridgehead atoms. The lowest BCUT2D eigenvalue weighted by atomic mass is 10.1. The maximum Gasteiger partial charge on any atom is 0.239 e. The van der Waals surface area contributed by atoms with Crippen LogP contribution in [0.1, 0.15) is 18.4 Å². The van der Waals surface area contributed by atoms with E-state index in [0.29, 0.717) is 19.4 Å². The number of hydrogen-bond acceptors (Lipinski definition) is 8. The van der Waals surface area contributed by atoms with Gasteiger partial charge in [0, 0.05) is 6.42 Å². The first kappa shape index (κ1) is 21.4. The largest absolute Gasteiger partial charge is 0.508 e. The molecule has 1 amide bonds. The van der Waals surface area contributed by atoms with Gasteiger partial charge in [-0.05, 0) is 37.1 Å². The monoisotopic (exact) mass is 370 g/mol. The predicted octanol–water partition coefficient (Wildman–Crippen LogP) is -1.72. The molecule has 0 aromatic heterocycles. The van der Waals surface area contributed by atoms with E-state index in [1.165, 1.54) is 12.1 Å². The molecule has 0 aliphatic rings. The molecule has 10 N–H and O–H groups in total. The van der Waals surface area contributed by atoms with Gasteiger partial charge in [-0.2, -0.15) is 0 Å². The summed E-state index contributed by atoms with van der Waals surface area (Å²) in [6.07, 6.45) is 0.698. The zero-order chi connectivity index (χ0) is 18.8. The summed E-state index contributed by atoms with van der Waals surface area (Å²) in [5, 5.41) is 14.3. The minimum Gasteiger partial charge on any atom is -0.508 e. The third kappa shape index (κ3) is 8.29. The number of thiol groups is 1. The summed E-state index contributed by atoms with van der Waals surface area (Å²) in [4.78, 5) is 24.0. The Morgan fingerprint density at radius 3 is 2.32 bits per heavy atom. The van der Waals surface area contributed by atoms with E-state index in [9.17, 15) is 14.7 Å². The van der Waals surface area contributed by atoms with Crippen LogP contribution in [0.15, 0.2) is 24.3 Å². The Morgan fingerprint density at radius 1 is 1.16 bits per heavy atom. The van der Waals surface area contributed by atoms with Crippen molar-refractivity contribution in [1.29, 1.82) is 0 Å². The fourth-order valence-electron chi connectivity index (χ4n) is 2.21. The minimum absolute atomic E-state index is 0.125. The quantitative estimate of drug-likeness (QED) is 0.0748. The highest BCUT2D eigenvalue weighted by Gasteiger charge is 2.23. The topological polar surface area (TPSA) is 169 Å². The number of nitrogens with two attached hydrogens (primary N) is 3. The van der Waals surface area contributed by atoms with Gasteiger partial charge in [0.25, 0.3) is 0 Å². The summed E-state index contributed by atoms with van der Waals surface area (Å²) >= 11 is 3.83. The number of nitrogens with one attached hydrogen (secondary N) is 3. The summed E-state index contributed by atoms with van der Waals surface area (Å²) in [6.45, 7) is 0.533. The van der Waals surface area contributed by atoms with Gasteiger partial charge in [0.15, 0.2) is 0 Å². The highest BCUT2D eigenvalue weighted by Crippen LogP contribution is 2.12. The van der Waals surface area contributed by atoms with E-state index in [1.54, 1.807) is 12.1 Å². The van der Waals surface area contributed by atoms with E-state index >= 15 is 0 Å². The average molecular weight is 370 g/mol. The summed E-state index contributed by atoms with van der Waals surface area (Å²) < 4.78 is 0. The molecule has 140 valence electrons. The fraction of sp³-hybridized carbons (Fsp3) is 0.467.